The number of pyridine rings is 1. The van der Waals surface area contributed by atoms with Crippen LogP contribution < -0.4 is 10.7 Å². The quantitative estimate of drug-likeness (QED) is 0.767. The summed E-state index contributed by atoms with van der Waals surface area (Å²) in [6, 6.07) is 4.80. The largest absolute Gasteiger partial charge is 0.424 e. The zero-order chi connectivity index (χ0) is 15.7. The standard InChI is InChI=1S/C14H11ClN4O3/c1-7-18-19-12(22-7)6-17-14(21)10-5-16-11-4-8(15)2-3-9(11)13(10)20/h2-5H,6H2,1H3,(H,16,20)(H,17,21). The number of nitrogens with zero attached hydrogens (tertiary/aromatic N) is 2. The molecular formula is C14H11ClN4O3. The Bertz CT molecular complexity index is 916. The van der Waals surface area contributed by atoms with E-state index in [1.54, 1.807) is 25.1 Å². The fourth-order valence-electron chi connectivity index (χ4n) is 2.02. The highest BCUT2D eigenvalue weighted by Gasteiger charge is 2.14. The van der Waals surface area contributed by atoms with Crippen molar-refractivity contribution < 1.29 is 9.21 Å². The minimum Gasteiger partial charge on any atom is -0.424 e. The lowest BCUT2D eigenvalue weighted by Gasteiger charge is -2.04. The topological polar surface area (TPSA) is 101 Å². The van der Waals surface area contributed by atoms with Crippen molar-refractivity contribution in [3.63, 3.8) is 0 Å². The molecule has 0 saturated carbocycles. The van der Waals surface area contributed by atoms with E-state index in [1.807, 2.05) is 0 Å². The molecule has 3 rings (SSSR count). The molecule has 2 aromatic heterocycles. The predicted octanol–water partition coefficient (Wildman–Crippen LogP) is 1.80. The highest BCUT2D eigenvalue weighted by molar-refractivity contribution is 6.31. The molecule has 112 valence electrons. The minimum absolute atomic E-state index is 0.00561. The number of H-pyrrole nitrogens is 1. The summed E-state index contributed by atoms with van der Waals surface area (Å²) in [5.41, 5.74) is 0.206. The lowest BCUT2D eigenvalue weighted by Crippen LogP contribution is -2.28. The summed E-state index contributed by atoms with van der Waals surface area (Å²) in [6.45, 7) is 1.70. The van der Waals surface area contributed by atoms with Gasteiger partial charge in [-0.3, -0.25) is 9.59 Å². The summed E-state index contributed by atoms with van der Waals surface area (Å²) in [5.74, 6) is 0.161. The molecule has 22 heavy (non-hydrogen) atoms. The van der Waals surface area contributed by atoms with Gasteiger partial charge in [0, 0.05) is 23.5 Å². The molecule has 0 aliphatic rings. The van der Waals surface area contributed by atoms with Crippen LogP contribution >= 0.6 is 11.6 Å². The third-order valence-electron chi connectivity index (χ3n) is 3.06. The van der Waals surface area contributed by atoms with Crippen molar-refractivity contribution >= 4 is 28.4 Å². The number of aromatic nitrogens is 3. The van der Waals surface area contributed by atoms with Crippen LogP contribution in [0.15, 0.2) is 33.6 Å². The molecule has 8 heteroatoms. The van der Waals surface area contributed by atoms with Gasteiger partial charge in [-0.2, -0.15) is 0 Å². The predicted molar refractivity (Wildman–Crippen MR) is 79.8 cm³/mol. The van der Waals surface area contributed by atoms with Crippen molar-refractivity contribution in [1.82, 2.24) is 20.5 Å². The van der Waals surface area contributed by atoms with E-state index in [9.17, 15) is 9.59 Å². The normalized spacial score (nSPS) is 10.8. The Morgan fingerprint density at radius 2 is 2.23 bits per heavy atom. The number of rotatable bonds is 3. The van der Waals surface area contributed by atoms with E-state index in [2.05, 4.69) is 20.5 Å². The highest BCUT2D eigenvalue weighted by Crippen LogP contribution is 2.15. The summed E-state index contributed by atoms with van der Waals surface area (Å²) in [5, 5.41) is 10.9. The first-order valence-corrected chi connectivity index (χ1v) is 6.80. The number of aromatic amines is 1. The molecule has 1 amide bonds. The van der Waals surface area contributed by atoms with E-state index < -0.39 is 5.91 Å². The van der Waals surface area contributed by atoms with Crippen molar-refractivity contribution in [2.75, 3.05) is 0 Å². The van der Waals surface area contributed by atoms with E-state index in [1.165, 1.54) is 6.20 Å². The summed E-state index contributed by atoms with van der Waals surface area (Å²) in [6.07, 6.45) is 1.36. The van der Waals surface area contributed by atoms with Crippen LogP contribution in [0.5, 0.6) is 0 Å². The number of aryl methyl sites for hydroxylation is 1. The van der Waals surface area contributed by atoms with Crippen LogP contribution in [0, 0.1) is 6.92 Å². The van der Waals surface area contributed by atoms with Gasteiger partial charge in [0.1, 0.15) is 5.56 Å². The SMILES string of the molecule is Cc1nnc(CNC(=O)c2c[nH]c3cc(Cl)ccc3c2=O)o1. The van der Waals surface area contributed by atoms with Crippen LogP contribution in [0.1, 0.15) is 22.1 Å². The number of benzene rings is 1. The summed E-state index contributed by atoms with van der Waals surface area (Å²) in [7, 11) is 0. The number of carbonyl (C=O) groups is 1. The van der Waals surface area contributed by atoms with Gasteiger partial charge >= 0.3 is 0 Å². The number of hydrogen-bond donors (Lipinski definition) is 2. The molecule has 0 saturated heterocycles. The zero-order valence-corrected chi connectivity index (χ0v) is 12.3. The Hall–Kier alpha value is -2.67. The maximum absolute atomic E-state index is 12.3. The van der Waals surface area contributed by atoms with Gasteiger partial charge in [-0.25, -0.2) is 0 Å². The molecule has 0 unspecified atom stereocenters. The maximum atomic E-state index is 12.3. The van der Waals surface area contributed by atoms with Gasteiger partial charge < -0.3 is 14.7 Å². The van der Waals surface area contributed by atoms with Gasteiger partial charge in [0.25, 0.3) is 5.91 Å². The molecule has 2 heterocycles. The molecule has 2 N–H and O–H groups in total. The van der Waals surface area contributed by atoms with Crippen molar-refractivity contribution in [2.45, 2.75) is 13.5 Å². The van der Waals surface area contributed by atoms with Crippen molar-refractivity contribution in [1.29, 1.82) is 0 Å². The molecule has 0 bridgehead atoms. The molecule has 0 atom stereocenters. The molecule has 0 aliphatic carbocycles. The smallest absolute Gasteiger partial charge is 0.257 e. The second-order valence-electron chi connectivity index (χ2n) is 4.62. The lowest BCUT2D eigenvalue weighted by atomic mass is 10.1. The average molecular weight is 319 g/mol. The first-order valence-electron chi connectivity index (χ1n) is 6.43. The fraction of sp³-hybridized carbons (Fsp3) is 0.143. The minimum atomic E-state index is -0.519. The van der Waals surface area contributed by atoms with Gasteiger partial charge in [-0.15, -0.1) is 10.2 Å². The Kier molecular flexibility index (Phi) is 3.64. The second kappa shape index (κ2) is 5.61. The first-order chi connectivity index (χ1) is 10.5. The second-order valence-corrected chi connectivity index (χ2v) is 5.06. The number of amides is 1. The number of nitrogens with one attached hydrogen (secondary N) is 2. The van der Waals surface area contributed by atoms with Gasteiger partial charge in [0.05, 0.1) is 12.1 Å². The van der Waals surface area contributed by atoms with Crippen molar-refractivity contribution in [3.8, 4) is 0 Å². The molecule has 1 aromatic carbocycles. The van der Waals surface area contributed by atoms with E-state index in [-0.39, 0.29) is 23.4 Å². The van der Waals surface area contributed by atoms with E-state index >= 15 is 0 Å². The lowest BCUT2D eigenvalue weighted by molar-refractivity contribution is 0.0946. The molecule has 0 spiro atoms. The van der Waals surface area contributed by atoms with Crippen LogP contribution in [0.25, 0.3) is 10.9 Å². The molecule has 3 aromatic rings. The monoisotopic (exact) mass is 318 g/mol. The summed E-state index contributed by atoms with van der Waals surface area (Å²) < 4.78 is 5.15. The summed E-state index contributed by atoms with van der Waals surface area (Å²) >= 11 is 5.87. The molecule has 7 nitrogen and oxygen atoms in total. The van der Waals surface area contributed by atoms with E-state index in [0.717, 1.165) is 0 Å². The molecule has 0 radical (unpaired) electrons. The zero-order valence-electron chi connectivity index (χ0n) is 11.5. The summed E-state index contributed by atoms with van der Waals surface area (Å²) in [4.78, 5) is 27.3. The molecule has 0 aliphatic heterocycles. The van der Waals surface area contributed by atoms with Crippen molar-refractivity contribution in [3.05, 3.63) is 57.0 Å². The Morgan fingerprint density at radius 3 is 2.95 bits per heavy atom. The highest BCUT2D eigenvalue weighted by atomic mass is 35.5. The third-order valence-corrected chi connectivity index (χ3v) is 3.29. The van der Waals surface area contributed by atoms with Gasteiger partial charge in [0.2, 0.25) is 17.2 Å². The number of hydrogen-bond acceptors (Lipinski definition) is 5. The van der Waals surface area contributed by atoms with Crippen LogP contribution in [0.4, 0.5) is 0 Å². The Labute approximate surface area is 129 Å². The number of halogens is 1. The third kappa shape index (κ3) is 2.71. The Morgan fingerprint density at radius 1 is 1.41 bits per heavy atom. The van der Waals surface area contributed by atoms with Gasteiger partial charge in [-0.1, -0.05) is 11.6 Å². The van der Waals surface area contributed by atoms with E-state index in [4.69, 9.17) is 16.0 Å². The van der Waals surface area contributed by atoms with Crippen LogP contribution in [-0.4, -0.2) is 21.1 Å². The van der Waals surface area contributed by atoms with Crippen molar-refractivity contribution in [2.24, 2.45) is 0 Å². The number of fused-ring (bicyclic) bond motifs is 1. The van der Waals surface area contributed by atoms with Gasteiger partial charge in [0.15, 0.2) is 0 Å². The molecular weight excluding hydrogens is 308 g/mol. The van der Waals surface area contributed by atoms with Gasteiger partial charge in [-0.05, 0) is 18.2 Å². The maximum Gasteiger partial charge on any atom is 0.257 e. The number of carbonyl (C=O) groups excluding carboxylic acids is 1. The van der Waals surface area contributed by atoms with E-state index in [0.29, 0.717) is 21.8 Å². The average Bonchev–Trinajstić information content (AvgIpc) is 2.90. The Balaban J connectivity index is 1.86. The molecule has 0 fully saturated rings. The van der Waals surface area contributed by atoms with Crippen LogP contribution in [-0.2, 0) is 6.54 Å². The van der Waals surface area contributed by atoms with Crippen LogP contribution in [0.2, 0.25) is 5.02 Å². The first kappa shape index (κ1) is 14.3. The van der Waals surface area contributed by atoms with Crippen LogP contribution in [0.3, 0.4) is 0 Å². The fourth-order valence-corrected chi connectivity index (χ4v) is 2.20.